The van der Waals surface area contributed by atoms with E-state index in [0.29, 0.717) is 24.5 Å². The van der Waals surface area contributed by atoms with Gasteiger partial charge in [0.15, 0.2) is 0 Å². The Morgan fingerprint density at radius 3 is 2.43 bits per heavy atom. The van der Waals surface area contributed by atoms with E-state index in [1.165, 1.54) is 24.8 Å². The van der Waals surface area contributed by atoms with Crippen LogP contribution in [0, 0.1) is 0 Å². The fourth-order valence-electron chi connectivity index (χ4n) is 4.94. The lowest BCUT2D eigenvalue weighted by Crippen LogP contribution is -2.56. The number of benzene rings is 2. The van der Waals surface area contributed by atoms with Gasteiger partial charge in [0.05, 0.1) is 13.5 Å². The van der Waals surface area contributed by atoms with E-state index in [9.17, 15) is 4.79 Å². The molecule has 0 aliphatic carbocycles. The Balaban J connectivity index is 1.38. The fourth-order valence-corrected chi connectivity index (χ4v) is 4.94. The molecule has 2 bridgehead atoms. The van der Waals surface area contributed by atoms with Gasteiger partial charge in [0, 0.05) is 30.2 Å². The SMILES string of the molecule is COc1ccccc1CN1[C@@H]2CCC[C@H]1CC(NC(=O)Cc1ccccc1)C2. The smallest absolute Gasteiger partial charge is 0.224 e. The molecule has 0 radical (unpaired) electrons. The summed E-state index contributed by atoms with van der Waals surface area (Å²) in [5.74, 6) is 1.12. The van der Waals surface area contributed by atoms with Gasteiger partial charge in [-0.05, 0) is 37.3 Å². The molecular weight excluding hydrogens is 348 g/mol. The van der Waals surface area contributed by atoms with Gasteiger partial charge in [-0.3, -0.25) is 9.69 Å². The zero-order valence-electron chi connectivity index (χ0n) is 16.6. The number of carbonyl (C=O) groups is 1. The number of nitrogens with zero attached hydrogens (tertiary/aromatic N) is 1. The number of hydrogen-bond donors (Lipinski definition) is 1. The van der Waals surface area contributed by atoms with E-state index in [0.717, 1.165) is 30.7 Å². The summed E-state index contributed by atoms with van der Waals surface area (Å²) in [5, 5.41) is 3.31. The molecule has 2 aromatic rings. The van der Waals surface area contributed by atoms with Crippen LogP contribution in [0.3, 0.4) is 0 Å². The van der Waals surface area contributed by atoms with Gasteiger partial charge in [0.1, 0.15) is 5.75 Å². The molecule has 0 aromatic heterocycles. The molecule has 28 heavy (non-hydrogen) atoms. The van der Waals surface area contributed by atoms with Gasteiger partial charge in [-0.2, -0.15) is 0 Å². The molecule has 2 heterocycles. The minimum Gasteiger partial charge on any atom is -0.496 e. The van der Waals surface area contributed by atoms with Crippen molar-refractivity contribution >= 4 is 5.91 Å². The third-order valence-electron chi connectivity index (χ3n) is 6.24. The van der Waals surface area contributed by atoms with Crippen molar-refractivity contribution in [2.75, 3.05) is 7.11 Å². The average Bonchev–Trinajstić information content (AvgIpc) is 2.69. The minimum absolute atomic E-state index is 0.146. The van der Waals surface area contributed by atoms with Crippen LogP contribution in [-0.4, -0.2) is 36.0 Å². The van der Waals surface area contributed by atoms with Crippen molar-refractivity contribution in [2.24, 2.45) is 0 Å². The van der Waals surface area contributed by atoms with Crippen molar-refractivity contribution in [3.63, 3.8) is 0 Å². The summed E-state index contributed by atoms with van der Waals surface area (Å²) in [6.07, 6.45) is 6.30. The van der Waals surface area contributed by atoms with Crippen LogP contribution in [0.1, 0.15) is 43.2 Å². The maximum atomic E-state index is 12.5. The molecule has 148 valence electrons. The van der Waals surface area contributed by atoms with Gasteiger partial charge in [0.25, 0.3) is 0 Å². The number of rotatable bonds is 6. The van der Waals surface area contributed by atoms with Crippen molar-refractivity contribution in [3.8, 4) is 5.75 Å². The highest BCUT2D eigenvalue weighted by Gasteiger charge is 2.38. The summed E-state index contributed by atoms with van der Waals surface area (Å²) in [6.45, 7) is 0.935. The molecule has 1 N–H and O–H groups in total. The number of amides is 1. The maximum absolute atomic E-state index is 12.5. The summed E-state index contributed by atoms with van der Waals surface area (Å²) in [4.78, 5) is 15.2. The van der Waals surface area contributed by atoms with Crippen LogP contribution in [0.4, 0.5) is 0 Å². The maximum Gasteiger partial charge on any atom is 0.224 e. The summed E-state index contributed by atoms with van der Waals surface area (Å²) in [7, 11) is 1.74. The van der Waals surface area contributed by atoms with Gasteiger partial charge >= 0.3 is 0 Å². The van der Waals surface area contributed by atoms with Gasteiger partial charge in [-0.1, -0.05) is 55.0 Å². The Morgan fingerprint density at radius 2 is 1.71 bits per heavy atom. The summed E-state index contributed by atoms with van der Waals surface area (Å²) in [5.41, 5.74) is 2.34. The minimum atomic E-state index is 0.146. The molecule has 2 saturated heterocycles. The topological polar surface area (TPSA) is 41.6 Å². The second kappa shape index (κ2) is 8.78. The number of nitrogens with one attached hydrogen (secondary N) is 1. The number of piperidine rings is 2. The normalized spacial score (nSPS) is 24.5. The van der Waals surface area contributed by atoms with Crippen LogP contribution >= 0.6 is 0 Å². The molecule has 1 unspecified atom stereocenters. The second-order valence-corrected chi connectivity index (χ2v) is 8.12. The molecule has 4 heteroatoms. The molecule has 2 aliphatic heterocycles. The summed E-state index contributed by atoms with van der Waals surface area (Å²) < 4.78 is 5.56. The van der Waals surface area contributed by atoms with Gasteiger partial charge in [-0.15, -0.1) is 0 Å². The monoisotopic (exact) mass is 378 g/mol. The van der Waals surface area contributed by atoms with Crippen LogP contribution in [0.15, 0.2) is 54.6 Å². The van der Waals surface area contributed by atoms with Crippen molar-refractivity contribution < 1.29 is 9.53 Å². The Morgan fingerprint density at radius 1 is 1.04 bits per heavy atom. The number of ether oxygens (including phenoxy) is 1. The van der Waals surface area contributed by atoms with Gasteiger partial charge in [0.2, 0.25) is 5.91 Å². The molecule has 0 spiro atoms. The van der Waals surface area contributed by atoms with Crippen molar-refractivity contribution in [1.29, 1.82) is 0 Å². The molecule has 2 aliphatic rings. The van der Waals surface area contributed by atoms with E-state index in [4.69, 9.17) is 4.74 Å². The second-order valence-electron chi connectivity index (χ2n) is 8.12. The van der Waals surface area contributed by atoms with E-state index >= 15 is 0 Å². The highest BCUT2D eigenvalue weighted by Crippen LogP contribution is 2.36. The van der Waals surface area contributed by atoms with Crippen molar-refractivity contribution in [2.45, 2.75) is 63.2 Å². The predicted octanol–water partition coefficient (Wildman–Crippen LogP) is 3.94. The highest BCUT2D eigenvalue weighted by molar-refractivity contribution is 5.78. The zero-order valence-corrected chi connectivity index (χ0v) is 16.6. The number of methoxy groups -OCH3 is 1. The molecule has 2 fully saturated rings. The third kappa shape index (κ3) is 4.39. The Labute approximate surface area is 167 Å². The molecule has 4 rings (SSSR count). The number of para-hydroxylation sites is 1. The highest BCUT2D eigenvalue weighted by atomic mass is 16.5. The Kier molecular flexibility index (Phi) is 5.96. The lowest BCUT2D eigenvalue weighted by molar-refractivity contribution is -0.122. The first-order valence-corrected chi connectivity index (χ1v) is 10.4. The first-order valence-electron chi connectivity index (χ1n) is 10.4. The van der Waals surface area contributed by atoms with Crippen LogP contribution in [0.5, 0.6) is 5.75 Å². The van der Waals surface area contributed by atoms with E-state index in [1.54, 1.807) is 7.11 Å². The third-order valence-corrected chi connectivity index (χ3v) is 6.24. The molecular formula is C24H30N2O2. The van der Waals surface area contributed by atoms with Gasteiger partial charge < -0.3 is 10.1 Å². The fraction of sp³-hybridized carbons (Fsp3) is 0.458. The van der Waals surface area contributed by atoms with Crippen molar-refractivity contribution in [3.05, 3.63) is 65.7 Å². The number of hydrogen-bond acceptors (Lipinski definition) is 3. The largest absolute Gasteiger partial charge is 0.496 e. The van der Waals surface area contributed by atoms with Gasteiger partial charge in [-0.25, -0.2) is 0 Å². The van der Waals surface area contributed by atoms with Crippen LogP contribution in [-0.2, 0) is 17.8 Å². The predicted molar refractivity (Wildman–Crippen MR) is 111 cm³/mol. The molecule has 0 saturated carbocycles. The van der Waals surface area contributed by atoms with E-state index in [1.807, 2.05) is 42.5 Å². The Hall–Kier alpha value is -2.33. The van der Waals surface area contributed by atoms with E-state index in [-0.39, 0.29) is 5.91 Å². The Bertz CT molecular complexity index is 778. The average molecular weight is 379 g/mol. The number of fused-ring (bicyclic) bond motifs is 2. The standard InChI is InChI=1S/C24H30N2O2/c1-28-23-13-6-5-10-19(23)17-26-21-11-7-12-22(26)16-20(15-21)25-24(27)14-18-8-3-2-4-9-18/h2-6,8-10,13,20-22H,7,11-12,14-17H2,1H3,(H,25,27)/t20?,21-,22+. The summed E-state index contributed by atoms with van der Waals surface area (Å²) >= 11 is 0. The van der Waals surface area contributed by atoms with Crippen LogP contribution in [0.25, 0.3) is 0 Å². The lowest BCUT2D eigenvalue weighted by Gasteiger charge is -2.49. The quantitative estimate of drug-likeness (QED) is 0.828. The zero-order chi connectivity index (χ0) is 19.3. The molecule has 1 amide bonds. The number of carbonyl (C=O) groups excluding carboxylic acids is 1. The lowest BCUT2D eigenvalue weighted by atomic mass is 9.81. The summed E-state index contributed by atoms with van der Waals surface area (Å²) in [6, 6.07) is 19.7. The first-order chi connectivity index (χ1) is 13.7. The van der Waals surface area contributed by atoms with E-state index < -0.39 is 0 Å². The van der Waals surface area contributed by atoms with Crippen LogP contribution in [0.2, 0.25) is 0 Å². The van der Waals surface area contributed by atoms with Crippen molar-refractivity contribution in [1.82, 2.24) is 10.2 Å². The van der Waals surface area contributed by atoms with E-state index in [2.05, 4.69) is 22.3 Å². The molecule has 2 aromatic carbocycles. The molecule has 3 atom stereocenters. The molecule has 4 nitrogen and oxygen atoms in total. The van der Waals surface area contributed by atoms with Crippen LogP contribution < -0.4 is 10.1 Å². The first kappa shape index (κ1) is 19.0.